The molecule has 21 heavy (non-hydrogen) atoms. The Morgan fingerprint density at radius 2 is 2.00 bits per heavy atom. The maximum Gasteiger partial charge on any atom is 0.239 e. The molecule has 2 rings (SSSR count). The number of hydrogen-bond donors (Lipinski definition) is 2. The molecule has 0 unspecified atom stereocenters. The first-order chi connectivity index (χ1) is 10.2. The maximum atomic E-state index is 11.8. The summed E-state index contributed by atoms with van der Waals surface area (Å²) >= 11 is 6.02. The fourth-order valence-corrected chi connectivity index (χ4v) is 1.98. The topological polar surface area (TPSA) is 64.9 Å². The van der Waals surface area contributed by atoms with E-state index in [0.29, 0.717) is 17.1 Å². The lowest BCUT2D eigenvalue weighted by Gasteiger charge is -2.09. The van der Waals surface area contributed by atoms with Gasteiger partial charge in [-0.1, -0.05) is 35.9 Å². The minimum Gasteiger partial charge on any atom is -0.376 e. The van der Waals surface area contributed by atoms with Crippen molar-refractivity contribution in [3.05, 3.63) is 64.7 Å². The van der Waals surface area contributed by atoms with Gasteiger partial charge in [-0.05, 0) is 29.8 Å². The molecule has 0 bridgehead atoms. The van der Waals surface area contributed by atoms with Crippen LogP contribution in [0.3, 0.4) is 0 Å². The smallest absolute Gasteiger partial charge is 0.239 e. The first-order valence-electron chi connectivity index (χ1n) is 6.43. The van der Waals surface area contributed by atoms with Crippen molar-refractivity contribution in [2.24, 2.45) is 0 Å². The molecule has 2 aromatic rings. The van der Waals surface area contributed by atoms with Gasteiger partial charge in [0.1, 0.15) is 0 Å². The Hall–Kier alpha value is -2.51. The molecular formula is C16H14ClN3O. The van der Waals surface area contributed by atoms with Crippen LogP contribution in [0.5, 0.6) is 0 Å². The Balaban J connectivity index is 1.82. The van der Waals surface area contributed by atoms with E-state index in [1.807, 2.05) is 24.3 Å². The average Bonchev–Trinajstić information content (AvgIpc) is 2.52. The molecule has 2 aromatic carbocycles. The van der Waals surface area contributed by atoms with E-state index in [9.17, 15) is 4.79 Å². The number of halogens is 1. The van der Waals surface area contributed by atoms with Gasteiger partial charge in [0.2, 0.25) is 5.91 Å². The van der Waals surface area contributed by atoms with E-state index in [2.05, 4.69) is 16.7 Å². The van der Waals surface area contributed by atoms with Gasteiger partial charge in [0.25, 0.3) is 0 Å². The van der Waals surface area contributed by atoms with Crippen molar-refractivity contribution < 1.29 is 4.79 Å². The Bertz CT molecular complexity index is 679. The van der Waals surface area contributed by atoms with Gasteiger partial charge in [-0.25, -0.2) is 0 Å². The number of anilines is 1. The van der Waals surface area contributed by atoms with Gasteiger partial charge in [0, 0.05) is 17.3 Å². The van der Waals surface area contributed by atoms with Crippen LogP contribution in [0.2, 0.25) is 5.02 Å². The third-order valence-corrected chi connectivity index (χ3v) is 3.25. The summed E-state index contributed by atoms with van der Waals surface area (Å²) in [5, 5.41) is 15.2. The second-order valence-corrected chi connectivity index (χ2v) is 4.82. The first-order valence-corrected chi connectivity index (χ1v) is 6.81. The molecule has 0 aliphatic carbocycles. The predicted octanol–water partition coefficient (Wildman–Crippen LogP) is 2.94. The van der Waals surface area contributed by atoms with Gasteiger partial charge < -0.3 is 10.6 Å². The summed E-state index contributed by atoms with van der Waals surface area (Å²) in [6.45, 7) is 0.526. The molecule has 0 atom stereocenters. The zero-order valence-corrected chi connectivity index (χ0v) is 12.0. The van der Waals surface area contributed by atoms with Crippen molar-refractivity contribution in [3.63, 3.8) is 0 Å². The van der Waals surface area contributed by atoms with Crippen LogP contribution in [-0.2, 0) is 11.3 Å². The Morgan fingerprint density at radius 3 is 2.76 bits per heavy atom. The quantitative estimate of drug-likeness (QED) is 0.892. The van der Waals surface area contributed by atoms with Crippen molar-refractivity contribution in [2.75, 3.05) is 11.9 Å². The Kier molecular flexibility index (Phi) is 5.19. The second kappa shape index (κ2) is 7.32. The monoisotopic (exact) mass is 299 g/mol. The van der Waals surface area contributed by atoms with Crippen LogP contribution in [0.25, 0.3) is 0 Å². The van der Waals surface area contributed by atoms with Crippen LogP contribution < -0.4 is 10.6 Å². The molecule has 0 heterocycles. The molecule has 2 N–H and O–H groups in total. The first kappa shape index (κ1) is 14.9. The van der Waals surface area contributed by atoms with E-state index in [4.69, 9.17) is 16.9 Å². The molecule has 0 fully saturated rings. The number of rotatable bonds is 5. The van der Waals surface area contributed by atoms with Crippen molar-refractivity contribution in [2.45, 2.75) is 6.54 Å². The number of nitrogens with zero attached hydrogens (tertiary/aromatic N) is 1. The maximum absolute atomic E-state index is 11.8. The number of nitriles is 1. The fraction of sp³-hybridized carbons (Fsp3) is 0.125. The van der Waals surface area contributed by atoms with Gasteiger partial charge in [-0.2, -0.15) is 5.26 Å². The number of hydrogen-bond acceptors (Lipinski definition) is 3. The summed E-state index contributed by atoms with van der Waals surface area (Å²) in [7, 11) is 0. The SMILES string of the molecule is N#Cc1cccc(NCC(=O)NCc2ccccc2Cl)c1. The van der Waals surface area contributed by atoms with Gasteiger partial charge >= 0.3 is 0 Å². The molecule has 0 saturated carbocycles. The minimum absolute atomic E-state index is 0.138. The van der Waals surface area contributed by atoms with Crippen LogP contribution in [0.4, 0.5) is 5.69 Å². The third-order valence-electron chi connectivity index (χ3n) is 2.88. The standard InChI is InChI=1S/C16H14ClN3O/c17-15-7-2-1-5-13(15)10-20-16(21)11-19-14-6-3-4-12(8-14)9-18/h1-8,19H,10-11H2,(H,20,21). The van der Waals surface area contributed by atoms with Crippen LogP contribution in [0, 0.1) is 11.3 Å². The molecule has 106 valence electrons. The zero-order chi connectivity index (χ0) is 15.1. The van der Waals surface area contributed by atoms with Crippen LogP contribution in [0.15, 0.2) is 48.5 Å². The normalized spacial score (nSPS) is 9.71. The van der Waals surface area contributed by atoms with Crippen LogP contribution in [0.1, 0.15) is 11.1 Å². The highest BCUT2D eigenvalue weighted by molar-refractivity contribution is 6.31. The summed E-state index contributed by atoms with van der Waals surface area (Å²) < 4.78 is 0. The molecule has 1 amide bonds. The van der Waals surface area contributed by atoms with Gasteiger partial charge in [-0.15, -0.1) is 0 Å². The van der Waals surface area contributed by atoms with E-state index < -0.39 is 0 Å². The zero-order valence-electron chi connectivity index (χ0n) is 11.3. The van der Waals surface area contributed by atoms with Crippen molar-refractivity contribution in [3.8, 4) is 6.07 Å². The Morgan fingerprint density at radius 1 is 1.19 bits per heavy atom. The summed E-state index contributed by atoms with van der Waals surface area (Å²) in [6, 6.07) is 16.4. The molecule has 0 spiro atoms. The highest BCUT2D eigenvalue weighted by atomic mass is 35.5. The molecule has 0 saturated heterocycles. The van der Waals surface area contributed by atoms with Crippen molar-refractivity contribution in [1.29, 1.82) is 5.26 Å². The molecule has 5 heteroatoms. The van der Waals surface area contributed by atoms with E-state index >= 15 is 0 Å². The number of amides is 1. The summed E-state index contributed by atoms with van der Waals surface area (Å²) in [5.74, 6) is -0.141. The van der Waals surface area contributed by atoms with Crippen LogP contribution >= 0.6 is 11.6 Å². The summed E-state index contributed by atoms with van der Waals surface area (Å²) in [6.07, 6.45) is 0. The lowest BCUT2D eigenvalue weighted by atomic mass is 10.2. The highest BCUT2D eigenvalue weighted by Gasteiger charge is 2.04. The number of carbonyl (C=O) groups excluding carboxylic acids is 1. The van der Waals surface area contributed by atoms with Gasteiger partial charge in [0.05, 0.1) is 18.2 Å². The second-order valence-electron chi connectivity index (χ2n) is 4.41. The van der Waals surface area contributed by atoms with E-state index in [0.717, 1.165) is 11.3 Å². The lowest BCUT2D eigenvalue weighted by Crippen LogP contribution is -2.29. The van der Waals surface area contributed by atoms with Gasteiger partial charge in [0.15, 0.2) is 0 Å². The number of nitrogens with one attached hydrogen (secondary N) is 2. The summed E-state index contributed by atoms with van der Waals surface area (Å²) in [5.41, 5.74) is 2.16. The number of carbonyl (C=O) groups is 1. The third kappa shape index (κ3) is 4.51. The van der Waals surface area contributed by atoms with Crippen LogP contribution in [-0.4, -0.2) is 12.5 Å². The molecule has 0 radical (unpaired) electrons. The fourth-order valence-electron chi connectivity index (χ4n) is 1.78. The largest absolute Gasteiger partial charge is 0.376 e. The van der Waals surface area contributed by atoms with E-state index in [1.165, 1.54) is 0 Å². The predicted molar refractivity (Wildman–Crippen MR) is 82.9 cm³/mol. The van der Waals surface area contributed by atoms with E-state index in [-0.39, 0.29) is 12.5 Å². The lowest BCUT2D eigenvalue weighted by molar-refractivity contribution is -0.119. The number of benzene rings is 2. The molecule has 4 nitrogen and oxygen atoms in total. The van der Waals surface area contributed by atoms with Crippen molar-refractivity contribution in [1.82, 2.24) is 5.32 Å². The Labute approximate surface area is 128 Å². The molecule has 0 aliphatic heterocycles. The highest BCUT2D eigenvalue weighted by Crippen LogP contribution is 2.14. The van der Waals surface area contributed by atoms with Crippen molar-refractivity contribution >= 4 is 23.2 Å². The minimum atomic E-state index is -0.141. The summed E-state index contributed by atoms with van der Waals surface area (Å²) in [4.78, 5) is 11.8. The van der Waals surface area contributed by atoms with Gasteiger partial charge in [-0.3, -0.25) is 4.79 Å². The molecule has 0 aromatic heterocycles. The average molecular weight is 300 g/mol. The molecule has 0 aliphatic rings. The molecular weight excluding hydrogens is 286 g/mol. The van der Waals surface area contributed by atoms with E-state index in [1.54, 1.807) is 24.3 Å².